The number of pyridine rings is 1. The van der Waals surface area contributed by atoms with Gasteiger partial charge in [0, 0.05) is 18.1 Å². The summed E-state index contributed by atoms with van der Waals surface area (Å²) in [5.41, 5.74) is 4.32. The summed E-state index contributed by atoms with van der Waals surface area (Å²) in [6.45, 7) is 9.86. The molecule has 17 heavy (non-hydrogen) atoms. The van der Waals surface area contributed by atoms with Crippen molar-refractivity contribution < 1.29 is 0 Å². The van der Waals surface area contributed by atoms with Gasteiger partial charge < -0.3 is 4.57 Å². The second-order valence-electron chi connectivity index (χ2n) is 3.84. The van der Waals surface area contributed by atoms with E-state index in [4.69, 9.17) is 0 Å². The number of aryl methyl sites for hydroxylation is 1. The lowest BCUT2D eigenvalue weighted by Crippen LogP contribution is -1.90. The Morgan fingerprint density at radius 1 is 1.53 bits per heavy atom. The molecule has 0 bridgehead atoms. The maximum atomic E-state index is 4.43. The van der Waals surface area contributed by atoms with Crippen molar-refractivity contribution in [2.45, 2.75) is 13.3 Å². The van der Waals surface area contributed by atoms with E-state index in [2.05, 4.69) is 41.9 Å². The van der Waals surface area contributed by atoms with E-state index in [1.165, 1.54) is 5.56 Å². The van der Waals surface area contributed by atoms with Crippen LogP contribution in [0.5, 0.6) is 0 Å². The molecular formula is C15H16N2. The number of hydrogen-bond acceptors (Lipinski definition) is 1. The monoisotopic (exact) mass is 224 g/mol. The quantitative estimate of drug-likeness (QED) is 0.722. The van der Waals surface area contributed by atoms with Crippen molar-refractivity contribution in [3.63, 3.8) is 0 Å². The summed E-state index contributed by atoms with van der Waals surface area (Å²) in [5.74, 6) is 0. The Kier molecular flexibility index (Phi) is 3.24. The van der Waals surface area contributed by atoms with Gasteiger partial charge in [-0.25, -0.2) is 0 Å². The highest BCUT2D eigenvalue weighted by Crippen LogP contribution is 2.22. The maximum absolute atomic E-state index is 4.43. The molecule has 0 aliphatic rings. The van der Waals surface area contributed by atoms with Crippen molar-refractivity contribution in [3.05, 3.63) is 61.5 Å². The number of rotatable bonds is 4. The Balaban J connectivity index is 2.58. The lowest BCUT2D eigenvalue weighted by Gasteiger charge is -2.03. The maximum Gasteiger partial charge on any atom is 0.0916 e. The molecule has 2 heterocycles. The predicted molar refractivity (Wildman–Crippen MR) is 73.8 cm³/mol. The molecule has 2 rings (SSSR count). The number of hydrogen-bond donors (Lipinski definition) is 0. The van der Waals surface area contributed by atoms with Gasteiger partial charge in [0.25, 0.3) is 0 Å². The molecule has 0 spiro atoms. The van der Waals surface area contributed by atoms with Crippen molar-refractivity contribution in [1.29, 1.82) is 0 Å². The molecule has 0 N–H and O–H groups in total. The standard InChI is InChI=1S/C15H16N2/c1-4-6-8-12(3)17-11-13(5-2)15-14(17)9-7-10-16-15/h4,6-11H,1,3,5H2,2H3/b8-6-. The zero-order valence-corrected chi connectivity index (χ0v) is 10.1. The first kappa shape index (κ1) is 11.4. The van der Waals surface area contributed by atoms with Crippen LogP contribution in [0.1, 0.15) is 12.5 Å². The van der Waals surface area contributed by atoms with Gasteiger partial charge in [0.15, 0.2) is 0 Å². The minimum atomic E-state index is 0.919. The second kappa shape index (κ2) is 4.83. The van der Waals surface area contributed by atoms with E-state index < -0.39 is 0 Å². The predicted octanol–water partition coefficient (Wildman–Crippen LogP) is 3.81. The van der Waals surface area contributed by atoms with Crippen molar-refractivity contribution in [3.8, 4) is 0 Å². The van der Waals surface area contributed by atoms with E-state index in [0.717, 1.165) is 23.2 Å². The lowest BCUT2D eigenvalue weighted by atomic mass is 10.2. The van der Waals surface area contributed by atoms with Gasteiger partial charge in [-0.3, -0.25) is 4.98 Å². The summed E-state index contributed by atoms with van der Waals surface area (Å²) >= 11 is 0. The number of allylic oxidation sites excluding steroid dienone is 4. The van der Waals surface area contributed by atoms with Gasteiger partial charge in [-0.2, -0.15) is 0 Å². The first-order valence-corrected chi connectivity index (χ1v) is 5.71. The fourth-order valence-electron chi connectivity index (χ4n) is 1.88. The molecule has 2 nitrogen and oxygen atoms in total. The summed E-state index contributed by atoms with van der Waals surface area (Å²) in [6, 6.07) is 4.01. The Bertz CT molecular complexity index is 588. The largest absolute Gasteiger partial charge is 0.315 e. The number of nitrogens with zero attached hydrogens (tertiary/aromatic N) is 2. The average Bonchev–Trinajstić information content (AvgIpc) is 2.75. The molecule has 2 aromatic heterocycles. The Morgan fingerprint density at radius 3 is 3.06 bits per heavy atom. The third kappa shape index (κ3) is 2.07. The van der Waals surface area contributed by atoms with Crippen molar-refractivity contribution >= 4 is 16.7 Å². The molecule has 0 fully saturated rings. The van der Waals surface area contributed by atoms with Gasteiger partial charge in [-0.1, -0.05) is 32.2 Å². The van der Waals surface area contributed by atoms with Gasteiger partial charge in [0.05, 0.1) is 11.0 Å². The lowest BCUT2D eigenvalue weighted by molar-refractivity contribution is 1.11. The van der Waals surface area contributed by atoms with E-state index in [0.29, 0.717) is 0 Å². The smallest absolute Gasteiger partial charge is 0.0916 e. The van der Waals surface area contributed by atoms with E-state index in [-0.39, 0.29) is 0 Å². The van der Waals surface area contributed by atoms with Crippen LogP contribution in [0, 0.1) is 0 Å². The highest BCUT2D eigenvalue weighted by molar-refractivity contribution is 5.84. The molecular weight excluding hydrogens is 208 g/mol. The van der Waals surface area contributed by atoms with Crippen LogP contribution < -0.4 is 0 Å². The first-order valence-electron chi connectivity index (χ1n) is 5.71. The summed E-state index contributed by atoms with van der Waals surface area (Å²) in [5, 5.41) is 0. The minimum absolute atomic E-state index is 0.919. The zero-order chi connectivity index (χ0) is 12.3. The summed E-state index contributed by atoms with van der Waals surface area (Å²) < 4.78 is 2.07. The molecule has 0 saturated heterocycles. The van der Waals surface area contributed by atoms with E-state index in [1.807, 2.05) is 24.4 Å². The van der Waals surface area contributed by atoms with E-state index in [9.17, 15) is 0 Å². The van der Waals surface area contributed by atoms with Crippen LogP contribution in [0.15, 0.2) is 55.9 Å². The van der Waals surface area contributed by atoms with Gasteiger partial charge in [0.1, 0.15) is 0 Å². The Hall–Kier alpha value is -2.09. The van der Waals surface area contributed by atoms with Crippen LogP contribution >= 0.6 is 0 Å². The van der Waals surface area contributed by atoms with E-state index in [1.54, 1.807) is 6.08 Å². The second-order valence-corrected chi connectivity index (χ2v) is 3.84. The average molecular weight is 224 g/mol. The molecule has 0 radical (unpaired) electrons. The fraction of sp³-hybridized carbons (Fsp3) is 0.133. The van der Waals surface area contributed by atoms with Crippen LogP contribution in [-0.2, 0) is 6.42 Å². The van der Waals surface area contributed by atoms with Crippen LogP contribution in [0.25, 0.3) is 16.7 Å². The fourth-order valence-corrected chi connectivity index (χ4v) is 1.88. The number of aromatic nitrogens is 2. The highest BCUT2D eigenvalue weighted by atomic mass is 15.0. The van der Waals surface area contributed by atoms with Crippen LogP contribution in [0.3, 0.4) is 0 Å². The third-order valence-electron chi connectivity index (χ3n) is 2.75. The zero-order valence-electron chi connectivity index (χ0n) is 10.1. The van der Waals surface area contributed by atoms with Gasteiger partial charge in [0.2, 0.25) is 0 Å². The summed E-state index contributed by atoms with van der Waals surface area (Å²) in [7, 11) is 0. The molecule has 0 amide bonds. The molecule has 0 saturated carbocycles. The summed E-state index contributed by atoms with van der Waals surface area (Å²) in [4.78, 5) is 4.43. The Labute approximate surface area is 102 Å². The van der Waals surface area contributed by atoms with Gasteiger partial charge >= 0.3 is 0 Å². The van der Waals surface area contributed by atoms with Gasteiger partial charge in [-0.15, -0.1) is 0 Å². The minimum Gasteiger partial charge on any atom is -0.315 e. The highest BCUT2D eigenvalue weighted by Gasteiger charge is 2.08. The van der Waals surface area contributed by atoms with Gasteiger partial charge in [-0.05, 0) is 30.2 Å². The molecule has 86 valence electrons. The molecule has 0 unspecified atom stereocenters. The molecule has 2 heteroatoms. The van der Waals surface area contributed by atoms with E-state index >= 15 is 0 Å². The van der Waals surface area contributed by atoms with Crippen molar-refractivity contribution in [1.82, 2.24) is 9.55 Å². The normalized spacial score (nSPS) is 11.1. The first-order chi connectivity index (χ1) is 8.27. The molecule has 0 atom stereocenters. The molecule has 0 aliphatic carbocycles. The van der Waals surface area contributed by atoms with Crippen LogP contribution in [0.4, 0.5) is 0 Å². The number of fused-ring (bicyclic) bond motifs is 1. The van der Waals surface area contributed by atoms with Crippen LogP contribution in [-0.4, -0.2) is 9.55 Å². The van der Waals surface area contributed by atoms with Crippen molar-refractivity contribution in [2.75, 3.05) is 0 Å². The summed E-state index contributed by atoms with van der Waals surface area (Å²) in [6.07, 6.45) is 10.5. The third-order valence-corrected chi connectivity index (χ3v) is 2.75. The molecule has 2 aromatic rings. The molecule has 0 aromatic carbocycles. The topological polar surface area (TPSA) is 17.8 Å². The SMILES string of the molecule is C=C/C=C\C(=C)n1cc(CC)c2ncccc21. The molecule has 0 aliphatic heterocycles. The Morgan fingerprint density at radius 2 is 2.35 bits per heavy atom. The van der Waals surface area contributed by atoms with Crippen molar-refractivity contribution in [2.24, 2.45) is 0 Å². The van der Waals surface area contributed by atoms with Crippen LogP contribution in [0.2, 0.25) is 0 Å².